The largest absolute Gasteiger partial charge is 0.496 e. The van der Waals surface area contributed by atoms with Gasteiger partial charge in [0.15, 0.2) is 11.4 Å². The van der Waals surface area contributed by atoms with Crippen LogP contribution < -0.4 is 20.1 Å². The van der Waals surface area contributed by atoms with Crippen LogP contribution >= 0.6 is 11.6 Å². The van der Waals surface area contributed by atoms with Crippen LogP contribution in [0.5, 0.6) is 11.5 Å². The van der Waals surface area contributed by atoms with Gasteiger partial charge in [0, 0.05) is 51.0 Å². The number of nitrogens with one attached hydrogen (secondary N) is 2. The van der Waals surface area contributed by atoms with Crippen LogP contribution in [0.3, 0.4) is 0 Å². The zero-order valence-electron chi connectivity index (χ0n) is 30.7. The molecule has 1 aromatic carbocycles. The summed E-state index contributed by atoms with van der Waals surface area (Å²) in [6.45, 7) is 9.94. The topological polar surface area (TPSA) is 162 Å². The Morgan fingerprint density at radius 1 is 1.06 bits per heavy atom. The summed E-state index contributed by atoms with van der Waals surface area (Å²) in [5, 5.41) is 10.6. The van der Waals surface area contributed by atoms with Crippen molar-refractivity contribution in [2.75, 3.05) is 34.0 Å². The number of rotatable bonds is 13. The number of likely N-dealkylation sites (tertiary alicyclic amines) is 1. The molecule has 51 heavy (non-hydrogen) atoms. The summed E-state index contributed by atoms with van der Waals surface area (Å²) in [5.74, 6) is -1.49. The zero-order valence-corrected chi connectivity index (χ0v) is 31.4. The van der Waals surface area contributed by atoms with Gasteiger partial charge in [-0.15, -0.1) is 0 Å². The molecule has 1 aromatic rings. The first-order chi connectivity index (χ1) is 24.0. The Kier molecular flexibility index (Phi) is 11.4. The van der Waals surface area contributed by atoms with Crippen molar-refractivity contribution in [1.29, 1.82) is 0 Å². The number of hydrogen-bond acceptors (Lipinski definition) is 10. The summed E-state index contributed by atoms with van der Waals surface area (Å²) in [5.41, 5.74) is -1.02. The molecule has 14 heteroatoms. The van der Waals surface area contributed by atoms with Gasteiger partial charge in [-0.05, 0) is 42.1 Å². The number of ether oxygens (including phenoxy) is 3. The van der Waals surface area contributed by atoms with Crippen LogP contribution in [0.25, 0.3) is 0 Å². The van der Waals surface area contributed by atoms with E-state index in [1.807, 2.05) is 27.7 Å². The maximum Gasteiger partial charge on any atom is 0.246 e. The SMILES string of the molecule is COc1cc(OC)c(C2=NO[C@]3(C2)C[C@@H](C(=O)N[C@@H](CC2CC2)C(=O)C(C)=O)N(C(=O)[C@@H](NC(=O)CC2(C)CCOCC2)C(C)(C)C)C3)cc1Cl. The number of methoxy groups -OCH3 is 2. The quantitative estimate of drug-likeness (QED) is 0.286. The van der Waals surface area contributed by atoms with Crippen LogP contribution in [0, 0.1) is 16.7 Å². The molecule has 280 valence electrons. The van der Waals surface area contributed by atoms with E-state index in [1.54, 1.807) is 12.1 Å². The number of hydrogen-bond donors (Lipinski definition) is 2. The molecule has 4 aliphatic rings. The van der Waals surface area contributed by atoms with Gasteiger partial charge in [0.05, 0.1) is 37.5 Å². The third kappa shape index (κ3) is 8.85. The number of ketones is 2. The van der Waals surface area contributed by atoms with Crippen molar-refractivity contribution in [3.63, 3.8) is 0 Å². The van der Waals surface area contributed by atoms with Crippen molar-refractivity contribution >= 4 is 46.6 Å². The lowest BCUT2D eigenvalue weighted by molar-refractivity contribution is -0.145. The summed E-state index contributed by atoms with van der Waals surface area (Å²) in [6, 6.07) is 0.251. The highest BCUT2D eigenvalue weighted by Gasteiger charge is 2.56. The van der Waals surface area contributed by atoms with Crippen LogP contribution in [-0.2, 0) is 33.5 Å². The minimum Gasteiger partial charge on any atom is -0.496 e. The van der Waals surface area contributed by atoms with E-state index < -0.39 is 52.5 Å². The monoisotopic (exact) mass is 730 g/mol. The summed E-state index contributed by atoms with van der Waals surface area (Å²) in [7, 11) is 3.01. The number of amides is 3. The van der Waals surface area contributed by atoms with Crippen molar-refractivity contribution in [3.05, 3.63) is 22.7 Å². The highest BCUT2D eigenvalue weighted by Crippen LogP contribution is 2.43. The summed E-state index contributed by atoms with van der Waals surface area (Å²) in [4.78, 5) is 75.0. The second-order valence-corrected chi connectivity index (χ2v) is 16.4. The fourth-order valence-electron chi connectivity index (χ4n) is 7.25. The smallest absolute Gasteiger partial charge is 0.246 e. The van der Waals surface area contributed by atoms with Crippen molar-refractivity contribution < 1.29 is 43.0 Å². The Balaban J connectivity index is 1.43. The molecule has 3 heterocycles. The second kappa shape index (κ2) is 15.1. The number of benzene rings is 1. The van der Waals surface area contributed by atoms with Crippen molar-refractivity contribution in [3.8, 4) is 11.5 Å². The van der Waals surface area contributed by atoms with E-state index in [0.29, 0.717) is 47.4 Å². The van der Waals surface area contributed by atoms with Gasteiger partial charge < -0.3 is 34.6 Å². The Morgan fingerprint density at radius 3 is 2.31 bits per heavy atom. The minimum atomic E-state index is -1.11. The molecule has 2 N–H and O–H groups in total. The average Bonchev–Trinajstić information content (AvgIpc) is 3.67. The van der Waals surface area contributed by atoms with E-state index in [1.165, 1.54) is 26.0 Å². The molecule has 0 aromatic heterocycles. The fourth-order valence-corrected chi connectivity index (χ4v) is 7.49. The number of halogens is 1. The molecule has 0 radical (unpaired) electrons. The predicted octanol–water partition coefficient (Wildman–Crippen LogP) is 4.00. The fraction of sp³-hybridized carbons (Fsp3) is 0.676. The molecule has 4 atom stereocenters. The Bertz CT molecular complexity index is 1580. The van der Waals surface area contributed by atoms with E-state index in [-0.39, 0.29) is 43.0 Å². The minimum absolute atomic E-state index is 0.0193. The molecule has 3 aliphatic heterocycles. The van der Waals surface area contributed by atoms with E-state index in [9.17, 15) is 24.0 Å². The van der Waals surface area contributed by atoms with E-state index in [2.05, 4.69) is 15.8 Å². The van der Waals surface area contributed by atoms with Gasteiger partial charge in [-0.1, -0.05) is 57.3 Å². The summed E-state index contributed by atoms with van der Waals surface area (Å²) >= 11 is 6.47. The third-order valence-corrected chi connectivity index (χ3v) is 10.9. The number of carbonyl (C=O) groups excluding carboxylic acids is 5. The highest BCUT2D eigenvalue weighted by molar-refractivity contribution is 6.38. The van der Waals surface area contributed by atoms with Crippen molar-refractivity contribution in [2.24, 2.45) is 21.9 Å². The average molecular weight is 731 g/mol. The van der Waals surface area contributed by atoms with Crippen LogP contribution in [0.1, 0.15) is 91.5 Å². The van der Waals surface area contributed by atoms with Gasteiger partial charge in [-0.2, -0.15) is 0 Å². The lowest BCUT2D eigenvalue weighted by Gasteiger charge is -2.37. The number of Topliss-reactive ketones (excluding diaryl/α,β-unsaturated/α-hetero) is 2. The molecule has 1 saturated carbocycles. The molecule has 13 nitrogen and oxygen atoms in total. The normalized spacial score (nSPS) is 23.9. The Morgan fingerprint density at radius 2 is 1.73 bits per heavy atom. The first-order valence-corrected chi connectivity index (χ1v) is 18.1. The van der Waals surface area contributed by atoms with Crippen molar-refractivity contribution in [1.82, 2.24) is 15.5 Å². The Labute approximate surface area is 304 Å². The maximum absolute atomic E-state index is 14.7. The van der Waals surface area contributed by atoms with Gasteiger partial charge in [0.2, 0.25) is 23.5 Å². The Hall–Kier alpha value is -3.71. The molecule has 5 rings (SSSR count). The standard InChI is InChI=1S/C37H51ClN4O9/c1-21(43)31(45)25(14-22-8-9-22)39-33(46)27-18-37(17-26(41-51-37)23-15-24(38)29(49-7)16-28(23)48-6)20-42(27)34(47)32(35(2,3)4)40-30(44)19-36(5)10-12-50-13-11-36/h15-16,22,25,27,32H,8-14,17-20H2,1-7H3,(H,39,46)(H,40,44)/t25-,27-,32+,37+/m0/s1. The van der Waals surface area contributed by atoms with Crippen LogP contribution in [0.4, 0.5) is 0 Å². The molecule has 1 spiro atoms. The summed E-state index contributed by atoms with van der Waals surface area (Å²) in [6.07, 6.45) is 4.14. The molecule has 3 amide bonds. The lowest BCUT2D eigenvalue weighted by atomic mass is 9.78. The molecule has 0 unspecified atom stereocenters. The molecular formula is C37H51ClN4O9. The van der Waals surface area contributed by atoms with Crippen LogP contribution in [0.2, 0.25) is 5.02 Å². The van der Waals surface area contributed by atoms with Crippen molar-refractivity contribution in [2.45, 2.75) is 110 Å². The third-order valence-electron chi connectivity index (χ3n) is 10.6. The first kappa shape index (κ1) is 38.5. The van der Waals surface area contributed by atoms with Crippen LogP contribution in [0.15, 0.2) is 17.3 Å². The number of oxime groups is 1. The van der Waals surface area contributed by atoms with E-state index >= 15 is 0 Å². The number of nitrogens with zero attached hydrogens (tertiary/aromatic N) is 2. The zero-order chi connectivity index (χ0) is 37.3. The molecular weight excluding hydrogens is 680 g/mol. The van der Waals surface area contributed by atoms with Crippen LogP contribution in [-0.4, -0.2) is 97.6 Å². The number of carbonyl (C=O) groups is 5. The van der Waals surface area contributed by atoms with E-state index in [0.717, 1.165) is 25.7 Å². The van der Waals surface area contributed by atoms with Gasteiger partial charge >= 0.3 is 0 Å². The lowest BCUT2D eigenvalue weighted by Crippen LogP contribution is -2.59. The second-order valence-electron chi connectivity index (χ2n) is 16.0. The molecule has 0 bridgehead atoms. The molecule has 1 aliphatic carbocycles. The van der Waals surface area contributed by atoms with Gasteiger partial charge in [0.25, 0.3) is 0 Å². The van der Waals surface area contributed by atoms with Gasteiger partial charge in [-0.25, -0.2) is 0 Å². The highest BCUT2D eigenvalue weighted by atomic mass is 35.5. The van der Waals surface area contributed by atoms with Gasteiger partial charge in [0.1, 0.15) is 23.6 Å². The molecule has 3 fully saturated rings. The van der Waals surface area contributed by atoms with Gasteiger partial charge in [-0.3, -0.25) is 24.0 Å². The van der Waals surface area contributed by atoms with E-state index in [4.69, 9.17) is 30.6 Å². The summed E-state index contributed by atoms with van der Waals surface area (Å²) < 4.78 is 16.4. The maximum atomic E-state index is 14.7. The predicted molar refractivity (Wildman–Crippen MR) is 189 cm³/mol. The molecule has 2 saturated heterocycles. The first-order valence-electron chi connectivity index (χ1n) is 17.7.